The van der Waals surface area contributed by atoms with Crippen LogP contribution in [-0.4, -0.2) is 43.8 Å². The fourth-order valence-electron chi connectivity index (χ4n) is 3.07. The number of hydrogen-bond acceptors (Lipinski definition) is 6. The smallest absolute Gasteiger partial charge is 0.338 e. The van der Waals surface area contributed by atoms with E-state index >= 15 is 0 Å². The number of H-pyrrole nitrogens is 1. The second-order valence-corrected chi connectivity index (χ2v) is 6.90. The first-order valence-electron chi connectivity index (χ1n) is 9.71. The Bertz CT molecular complexity index is 1200. The molecular weight excluding hydrogens is 396 g/mol. The lowest BCUT2D eigenvalue weighted by molar-refractivity contribution is 0.0258. The van der Waals surface area contributed by atoms with Crippen LogP contribution in [0.5, 0.6) is 0 Å². The molecule has 0 radical (unpaired) electrons. The van der Waals surface area contributed by atoms with Crippen molar-refractivity contribution in [2.45, 2.75) is 12.5 Å². The fourth-order valence-corrected chi connectivity index (χ4v) is 3.07. The summed E-state index contributed by atoms with van der Waals surface area (Å²) in [5.74, 6) is -0.194. The van der Waals surface area contributed by atoms with Crippen molar-refractivity contribution in [2.24, 2.45) is 0 Å². The summed E-state index contributed by atoms with van der Waals surface area (Å²) in [6, 6.07) is 21.6. The van der Waals surface area contributed by atoms with Crippen molar-refractivity contribution in [3.63, 3.8) is 0 Å². The van der Waals surface area contributed by atoms with E-state index in [4.69, 9.17) is 4.74 Å². The van der Waals surface area contributed by atoms with Gasteiger partial charge in [-0.3, -0.25) is 9.89 Å². The highest BCUT2D eigenvalue weighted by Gasteiger charge is 2.16. The van der Waals surface area contributed by atoms with Crippen LogP contribution in [0, 0.1) is 0 Å². The van der Waals surface area contributed by atoms with Crippen molar-refractivity contribution < 1.29 is 14.6 Å². The van der Waals surface area contributed by atoms with E-state index < -0.39 is 12.1 Å². The van der Waals surface area contributed by atoms with Gasteiger partial charge in [0.2, 0.25) is 0 Å². The second kappa shape index (κ2) is 9.19. The van der Waals surface area contributed by atoms with E-state index in [0.29, 0.717) is 22.6 Å². The van der Waals surface area contributed by atoms with E-state index in [0.717, 1.165) is 5.56 Å². The topological polar surface area (TPSA) is 110 Å². The highest BCUT2D eigenvalue weighted by molar-refractivity contribution is 5.89. The maximum atomic E-state index is 12.7. The van der Waals surface area contributed by atoms with Crippen LogP contribution in [0.1, 0.15) is 15.9 Å². The predicted molar refractivity (Wildman–Crippen MR) is 114 cm³/mol. The molecule has 1 atom stereocenters. The van der Waals surface area contributed by atoms with Crippen LogP contribution in [0.25, 0.3) is 17.1 Å². The maximum absolute atomic E-state index is 12.7. The lowest BCUT2D eigenvalue weighted by atomic mass is 10.1. The maximum Gasteiger partial charge on any atom is 0.338 e. The van der Waals surface area contributed by atoms with Gasteiger partial charge in [-0.1, -0.05) is 48.5 Å². The number of benzene rings is 2. The number of nitrogens with zero attached hydrogens (tertiary/aromatic N) is 3. The van der Waals surface area contributed by atoms with E-state index in [1.165, 1.54) is 10.9 Å². The Hall–Kier alpha value is -4.04. The van der Waals surface area contributed by atoms with E-state index in [9.17, 15) is 14.7 Å². The molecule has 2 aromatic heterocycles. The van der Waals surface area contributed by atoms with E-state index in [1.807, 2.05) is 30.3 Å². The molecule has 2 heterocycles. The summed E-state index contributed by atoms with van der Waals surface area (Å²) in [6.07, 6.45) is 0.508. The molecule has 0 amide bonds. The first-order valence-corrected chi connectivity index (χ1v) is 9.71. The molecule has 2 N–H and O–H groups in total. The van der Waals surface area contributed by atoms with Crippen LogP contribution in [0.2, 0.25) is 0 Å². The summed E-state index contributed by atoms with van der Waals surface area (Å²) in [5.41, 5.74) is 2.01. The molecular formula is C23H20N4O4. The molecule has 0 bridgehead atoms. The number of esters is 1. The Balaban J connectivity index is 1.40. The zero-order chi connectivity index (χ0) is 21.6. The van der Waals surface area contributed by atoms with Crippen LogP contribution in [0.3, 0.4) is 0 Å². The SMILES string of the molecule is O=C(OC[C@@H](O)Cc1c[nH]n(-c2ccc(-c3ccccc3)nn2)c1=O)c1ccccc1. The average Bonchev–Trinajstić information content (AvgIpc) is 3.18. The summed E-state index contributed by atoms with van der Waals surface area (Å²) in [7, 11) is 0. The number of aliphatic hydroxyl groups excluding tert-OH is 1. The van der Waals surface area contributed by atoms with Crippen LogP contribution in [0.4, 0.5) is 0 Å². The molecule has 2 aromatic carbocycles. The number of carbonyl (C=O) groups is 1. The Kier molecular flexibility index (Phi) is 6.00. The van der Waals surface area contributed by atoms with Gasteiger partial charge in [0.25, 0.3) is 5.56 Å². The monoisotopic (exact) mass is 416 g/mol. The van der Waals surface area contributed by atoms with Crippen molar-refractivity contribution >= 4 is 5.97 Å². The van der Waals surface area contributed by atoms with Crippen molar-refractivity contribution in [1.29, 1.82) is 0 Å². The van der Waals surface area contributed by atoms with E-state index in [-0.39, 0.29) is 18.6 Å². The zero-order valence-corrected chi connectivity index (χ0v) is 16.5. The van der Waals surface area contributed by atoms with Crippen LogP contribution in [0.15, 0.2) is 83.8 Å². The molecule has 0 saturated carbocycles. The first-order chi connectivity index (χ1) is 15.1. The van der Waals surface area contributed by atoms with Gasteiger partial charge in [0, 0.05) is 23.7 Å². The molecule has 0 spiro atoms. The minimum absolute atomic E-state index is 0.0277. The van der Waals surface area contributed by atoms with Crippen LogP contribution < -0.4 is 5.56 Å². The van der Waals surface area contributed by atoms with Gasteiger partial charge in [-0.05, 0) is 24.3 Å². The number of aromatic nitrogens is 4. The number of rotatable bonds is 7. The van der Waals surface area contributed by atoms with Gasteiger partial charge >= 0.3 is 5.97 Å². The first kappa shape index (κ1) is 20.2. The molecule has 31 heavy (non-hydrogen) atoms. The number of nitrogens with one attached hydrogen (secondary N) is 1. The number of aromatic amines is 1. The average molecular weight is 416 g/mol. The summed E-state index contributed by atoms with van der Waals surface area (Å²) in [6.45, 7) is -0.218. The molecule has 0 fully saturated rings. The molecule has 8 heteroatoms. The van der Waals surface area contributed by atoms with Gasteiger partial charge in [0.15, 0.2) is 5.82 Å². The van der Waals surface area contributed by atoms with Crippen molar-refractivity contribution in [3.05, 3.63) is 100 Å². The molecule has 4 aromatic rings. The second-order valence-electron chi connectivity index (χ2n) is 6.90. The lowest BCUT2D eigenvalue weighted by Crippen LogP contribution is -2.25. The summed E-state index contributed by atoms with van der Waals surface area (Å²) in [4.78, 5) is 24.6. The summed E-state index contributed by atoms with van der Waals surface area (Å²) in [5, 5.41) is 21.3. The number of aliphatic hydroxyl groups is 1. The molecule has 8 nitrogen and oxygen atoms in total. The van der Waals surface area contributed by atoms with Gasteiger partial charge in [-0.25, -0.2) is 4.79 Å². The number of ether oxygens (including phenoxy) is 1. The lowest BCUT2D eigenvalue weighted by Gasteiger charge is -2.10. The zero-order valence-electron chi connectivity index (χ0n) is 16.5. The molecule has 0 aliphatic rings. The summed E-state index contributed by atoms with van der Waals surface area (Å²) < 4.78 is 6.37. The molecule has 156 valence electrons. The normalized spacial score (nSPS) is 11.8. The number of hydrogen-bond donors (Lipinski definition) is 2. The molecule has 0 unspecified atom stereocenters. The molecule has 4 rings (SSSR count). The predicted octanol–water partition coefficient (Wildman–Crippen LogP) is 2.38. The fraction of sp³-hybridized carbons (Fsp3) is 0.130. The van der Waals surface area contributed by atoms with Gasteiger partial charge < -0.3 is 9.84 Å². The Morgan fingerprint density at radius 1 is 1.00 bits per heavy atom. The van der Waals surface area contributed by atoms with Crippen molar-refractivity contribution in [2.75, 3.05) is 6.61 Å². The summed E-state index contributed by atoms with van der Waals surface area (Å²) >= 11 is 0. The molecule has 0 aliphatic heterocycles. The van der Waals surface area contributed by atoms with Crippen LogP contribution >= 0.6 is 0 Å². The van der Waals surface area contributed by atoms with Crippen molar-refractivity contribution in [3.8, 4) is 17.1 Å². The third-order valence-electron chi connectivity index (χ3n) is 4.67. The highest BCUT2D eigenvalue weighted by Crippen LogP contribution is 2.15. The third-order valence-corrected chi connectivity index (χ3v) is 4.67. The van der Waals surface area contributed by atoms with Gasteiger partial charge in [-0.2, -0.15) is 4.68 Å². The van der Waals surface area contributed by atoms with E-state index in [1.54, 1.807) is 42.5 Å². The van der Waals surface area contributed by atoms with E-state index in [2.05, 4.69) is 15.3 Å². The third kappa shape index (κ3) is 4.76. The molecule has 0 saturated heterocycles. The van der Waals surface area contributed by atoms with Crippen LogP contribution in [-0.2, 0) is 11.2 Å². The van der Waals surface area contributed by atoms with Gasteiger partial charge in [0.1, 0.15) is 6.61 Å². The van der Waals surface area contributed by atoms with Gasteiger partial charge in [-0.15, -0.1) is 10.2 Å². The largest absolute Gasteiger partial charge is 0.459 e. The standard InChI is InChI=1S/C23H20N4O4/c28-19(15-31-23(30)17-9-5-2-6-10-17)13-18-14-24-27(22(18)29)21-12-11-20(25-26-21)16-7-3-1-4-8-16/h1-12,14,19,24,28H,13,15H2/t19-/m0/s1. The Morgan fingerprint density at radius 3 is 2.39 bits per heavy atom. The number of carbonyl (C=O) groups excluding carboxylic acids is 1. The van der Waals surface area contributed by atoms with Gasteiger partial charge in [0.05, 0.1) is 17.4 Å². The molecule has 0 aliphatic carbocycles. The quantitative estimate of drug-likeness (QED) is 0.448. The highest BCUT2D eigenvalue weighted by atomic mass is 16.5. The minimum Gasteiger partial charge on any atom is -0.459 e. The van der Waals surface area contributed by atoms with Crippen molar-refractivity contribution in [1.82, 2.24) is 20.0 Å². The minimum atomic E-state index is -1.02. The Labute approximate surface area is 177 Å². The Morgan fingerprint density at radius 2 is 1.71 bits per heavy atom.